The number of para-hydroxylation sites is 1. The SMILES string of the molecule is CCc1cccc(C)c1NC(=O)C(NC(=O)c1ccc(C)cc1)C(C)C. The molecule has 1 unspecified atom stereocenters. The van der Waals surface area contributed by atoms with Crippen molar-refractivity contribution in [3.63, 3.8) is 0 Å². The fourth-order valence-corrected chi connectivity index (χ4v) is 2.87. The van der Waals surface area contributed by atoms with Crippen LogP contribution in [0.2, 0.25) is 0 Å². The molecule has 2 aromatic rings. The zero-order valence-electron chi connectivity index (χ0n) is 16.2. The second kappa shape index (κ2) is 8.65. The zero-order chi connectivity index (χ0) is 19.3. The van der Waals surface area contributed by atoms with Crippen molar-refractivity contribution in [2.24, 2.45) is 5.92 Å². The van der Waals surface area contributed by atoms with Gasteiger partial charge in [-0.2, -0.15) is 0 Å². The highest BCUT2D eigenvalue weighted by molar-refractivity contribution is 6.01. The number of amides is 2. The lowest BCUT2D eigenvalue weighted by Crippen LogP contribution is -2.47. The summed E-state index contributed by atoms with van der Waals surface area (Å²) in [5.41, 5.74) is 4.59. The van der Waals surface area contributed by atoms with Crippen LogP contribution < -0.4 is 10.6 Å². The van der Waals surface area contributed by atoms with Crippen molar-refractivity contribution in [2.45, 2.75) is 47.1 Å². The van der Waals surface area contributed by atoms with Gasteiger partial charge >= 0.3 is 0 Å². The first-order valence-corrected chi connectivity index (χ1v) is 9.10. The number of hydrogen-bond acceptors (Lipinski definition) is 2. The molecule has 0 saturated heterocycles. The van der Waals surface area contributed by atoms with Crippen molar-refractivity contribution in [1.29, 1.82) is 0 Å². The highest BCUT2D eigenvalue weighted by Crippen LogP contribution is 2.22. The molecule has 0 aliphatic carbocycles. The lowest BCUT2D eigenvalue weighted by molar-refractivity contribution is -0.118. The van der Waals surface area contributed by atoms with Crippen LogP contribution in [0.15, 0.2) is 42.5 Å². The Morgan fingerprint density at radius 2 is 1.65 bits per heavy atom. The number of anilines is 1. The van der Waals surface area contributed by atoms with Crippen LogP contribution in [0.4, 0.5) is 5.69 Å². The van der Waals surface area contributed by atoms with Crippen molar-refractivity contribution in [3.8, 4) is 0 Å². The number of nitrogens with one attached hydrogen (secondary N) is 2. The summed E-state index contributed by atoms with van der Waals surface area (Å²) in [6.07, 6.45) is 0.833. The molecule has 0 aliphatic heterocycles. The van der Waals surface area contributed by atoms with Gasteiger partial charge in [0.05, 0.1) is 0 Å². The van der Waals surface area contributed by atoms with Crippen LogP contribution in [0.1, 0.15) is 47.8 Å². The Balaban J connectivity index is 2.18. The average Bonchev–Trinajstić information content (AvgIpc) is 2.61. The van der Waals surface area contributed by atoms with Crippen LogP contribution >= 0.6 is 0 Å². The lowest BCUT2D eigenvalue weighted by Gasteiger charge is -2.23. The fraction of sp³-hybridized carbons (Fsp3) is 0.364. The van der Waals surface area contributed by atoms with Gasteiger partial charge in [0.1, 0.15) is 6.04 Å². The monoisotopic (exact) mass is 352 g/mol. The molecule has 0 aliphatic rings. The van der Waals surface area contributed by atoms with Gasteiger partial charge in [-0.1, -0.05) is 56.7 Å². The van der Waals surface area contributed by atoms with Gasteiger partial charge in [0.25, 0.3) is 5.91 Å². The molecule has 26 heavy (non-hydrogen) atoms. The molecule has 4 heteroatoms. The summed E-state index contributed by atoms with van der Waals surface area (Å²) in [6, 6.07) is 12.7. The zero-order valence-corrected chi connectivity index (χ0v) is 16.2. The number of benzene rings is 2. The maximum absolute atomic E-state index is 12.9. The second-order valence-corrected chi connectivity index (χ2v) is 7.01. The Morgan fingerprint density at radius 3 is 2.23 bits per heavy atom. The van der Waals surface area contributed by atoms with Gasteiger partial charge in [-0.15, -0.1) is 0 Å². The van der Waals surface area contributed by atoms with Crippen molar-refractivity contribution in [2.75, 3.05) is 5.32 Å². The standard InChI is InChI=1S/C22H28N2O2/c1-6-17-9-7-8-16(5)20(17)24-22(26)19(14(2)3)23-21(25)18-12-10-15(4)11-13-18/h7-14,19H,6H2,1-5H3,(H,23,25)(H,24,26). The van der Waals surface area contributed by atoms with E-state index in [9.17, 15) is 9.59 Å². The summed E-state index contributed by atoms with van der Waals surface area (Å²) in [5.74, 6) is -0.456. The van der Waals surface area contributed by atoms with E-state index in [1.54, 1.807) is 12.1 Å². The third kappa shape index (κ3) is 4.72. The summed E-state index contributed by atoms with van der Waals surface area (Å²) in [6.45, 7) is 9.86. The lowest BCUT2D eigenvalue weighted by atomic mass is 10.0. The first kappa shape index (κ1) is 19.7. The minimum atomic E-state index is -0.604. The molecule has 0 saturated carbocycles. The predicted molar refractivity (Wildman–Crippen MR) is 106 cm³/mol. The number of carbonyl (C=O) groups excluding carboxylic acids is 2. The van der Waals surface area contributed by atoms with Gasteiger partial charge in [0.2, 0.25) is 5.91 Å². The Morgan fingerprint density at radius 1 is 1.00 bits per heavy atom. The molecule has 1 atom stereocenters. The molecule has 0 radical (unpaired) electrons. The van der Waals surface area contributed by atoms with E-state index in [2.05, 4.69) is 17.6 Å². The Hall–Kier alpha value is -2.62. The molecule has 0 fully saturated rings. The summed E-state index contributed by atoms with van der Waals surface area (Å²) < 4.78 is 0. The van der Waals surface area contributed by atoms with E-state index in [-0.39, 0.29) is 17.7 Å². The first-order chi connectivity index (χ1) is 12.3. The van der Waals surface area contributed by atoms with Gasteiger partial charge in [-0.3, -0.25) is 9.59 Å². The second-order valence-electron chi connectivity index (χ2n) is 7.01. The molecular formula is C22H28N2O2. The fourth-order valence-electron chi connectivity index (χ4n) is 2.87. The van der Waals surface area contributed by atoms with Gasteiger partial charge in [-0.25, -0.2) is 0 Å². The Labute approximate surface area is 156 Å². The van der Waals surface area contributed by atoms with E-state index in [1.165, 1.54) is 0 Å². The van der Waals surface area contributed by atoms with E-state index in [0.29, 0.717) is 5.56 Å². The number of hydrogen-bond donors (Lipinski definition) is 2. The molecule has 2 rings (SSSR count). The molecule has 0 spiro atoms. The molecule has 0 aromatic heterocycles. The third-order valence-electron chi connectivity index (χ3n) is 4.54. The first-order valence-electron chi connectivity index (χ1n) is 9.10. The van der Waals surface area contributed by atoms with Gasteiger partial charge in [0, 0.05) is 11.3 Å². The topological polar surface area (TPSA) is 58.2 Å². The Bertz CT molecular complexity index is 779. The highest BCUT2D eigenvalue weighted by atomic mass is 16.2. The maximum atomic E-state index is 12.9. The molecule has 2 aromatic carbocycles. The predicted octanol–water partition coefficient (Wildman–Crippen LogP) is 4.26. The largest absolute Gasteiger partial charge is 0.340 e. The van der Waals surface area contributed by atoms with Gasteiger partial charge in [0.15, 0.2) is 0 Å². The van der Waals surface area contributed by atoms with E-state index in [4.69, 9.17) is 0 Å². The number of carbonyl (C=O) groups is 2. The van der Waals surface area contributed by atoms with E-state index < -0.39 is 6.04 Å². The van der Waals surface area contributed by atoms with Crippen LogP contribution in [0.5, 0.6) is 0 Å². The molecule has 2 N–H and O–H groups in total. The van der Waals surface area contributed by atoms with Crippen LogP contribution in [0, 0.1) is 19.8 Å². The maximum Gasteiger partial charge on any atom is 0.251 e. The van der Waals surface area contributed by atoms with Crippen molar-refractivity contribution < 1.29 is 9.59 Å². The minimum absolute atomic E-state index is 0.0292. The summed E-state index contributed by atoms with van der Waals surface area (Å²) >= 11 is 0. The van der Waals surface area contributed by atoms with Crippen LogP contribution in [-0.4, -0.2) is 17.9 Å². The van der Waals surface area contributed by atoms with E-state index in [0.717, 1.165) is 28.8 Å². The van der Waals surface area contributed by atoms with E-state index in [1.807, 2.05) is 58.0 Å². The molecular weight excluding hydrogens is 324 g/mol. The van der Waals surface area contributed by atoms with Crippen LogP contribution in [0.3, 0.4) is 0 Å². The summed E-state index contributed by atoms with van der Waals surface area (Å²) in [4.78, 5) is 25.4. The number of rotatable bonds is 6. The van der Waals surface area contributed by atoms with E-state index >= 15 is 0 Å². The molecule has 138 valence electrons. The van der Waals surface area contributed by atoms with Gasteiger partial charge < -0.3 is 10.6 Å². The molecule has 0 bridgehead atoms. The Kier molecular flexibility index (Phi) is 6.56. The van der Waals surface area contributed by atoms with Gasteiger partial charge in [-0.05, 0) is 49.4 Å². The van der Waals surface area contributed by atoms with Crippen molar-refractivity contribution in [3.05, 3.63) is 64.7 Å². The molecule has 2 amide bonds. The summed E-state index contributed by atoms with van der Waals surface area (Å²) in [5, 5.41) is 5.90. The summed E-state index contributed by atoms with van der Waals surface area (Å²) in [7, 11) is 0. The van der Waals surface area contributed by atoms with Crippen LogP contribution in [0.25, 0.3) is 0 Å². The highest BCUT2D eigenvalue weighted by Gasteiger charge is 2.25. The smallest absolute Gasteiger partial charge is 0.251 e. The molecule has 0 heterocycles. The van der Waals surface area contributed by atoms with Crippen molar-refractivity contribution >= 4 is 17.5 Å². The van der Waals surface area contributed by atoms with Crippen LogP contribution in [-0.2, 0) is 11.2 Å². The number of aryl methyl sites for hydroxylation is 3. The third-order valence-corrected chi connectivity index (χ3v) is 4.54. The molecule has 4 nitrogen and oxygen atoms in total. The normalized spacial score (nSPS) is 11.9. The average molecular weight is 352 g/mol. The minimum Gasteiger partial charge on any atom is -0.340 e. The quantitative estimate of drug-likeness (QED) is 0.816. The van der Waals surface area contributed by atoms with Crippen molar-refractivity contribution in [1.82, 2.24) is 5.32 Å².